The van der Waals surface area contributed by atoms with Gasteiger partial charge in [-0.15, -0.1) is 0 Å². The fourth-order valence-electron chi connectivity index (χ4n) is 25.4. The summed E-state index contributed by atoms with van der Waals surface area (Å²) in [5.74, 6) is 0. The van der Waals surface area contributed by atoms with Crippen LogP contribution in [0.25, 0.3) is 33.4 Å². The molecule has 4 heterocycles. The Kier molecular flexibility index (Phi) is 23.4. The number of fused-ring (bicyclic) bond motifs is 10. The first-order valence-corrected chi connectivity index (χ1v) is 54.5. The molecule has 0 fully saturated rings. The van der Waals surface area contributed by atoms with Gasteiger partial charge in [-0.1, -0.05) is 428 Å². The van der Waals surface area contributed by atoms with E-state index in [-0.39, 0.29) is 73.0 Å². The molecule has 742 valence electrons. The zero-order valence-corrected chi connectivity index (χ0v) is 93.8. The summed E-state index contributed by atoms with van der Waals surface area (Å²) in [7, 11) is 0. The quantitative estimate of drug-likeness (QED) is 0.101. The summed E-state index contributed by atoms with van der Waals surface area (Å²) in [5.41, 5.74) is 49.3. The third-order valence-corrected chi connectivity index (χ3v) is 35.5. The smallest absolute Gasteiger partial charge is 0.252 e. The van der Waals surface area contributed by atoms with Gasteiger partial charge >= 0.3 is 0 Å². The highest BCUT2D eigenvalue weighted by Crippen LogP contribution is 2.59. The average Bonchev–Trinajstić information content (AvgIpc) is 0.684. The number of rotatable bonds is 14. The summed E-state index contributed by atoms with van der Waals surface area (Å²) in [6.07, 6.45) is 5.22. The van der Waals surface area contributed by atoms with Crippen molar-refractivity contribution in [3.8, 4) is 33.4 Å². The van der Waals surface area contributed by atoms with Gasteiger partial charge in [-0.05, 0) is 327 Å². The fourth-order valence-corrected chi connectivity index (χ4v) is 25.4. The zero-order chi connectivity index (χ0) is 104. The van der Waals surface area contributed by atoms with Gasteiger partial charge in [0.1, 0.15) is 0 Å². The van der Waals surface area contributed by atoms with Crippen LogP contribution in [0.4, 0.5) is 68.2 Å². The molecule has 146 heavy (non-hydrogen) atoms. The lowest BCUT2D eigenvalue weighted by atomic mass is 9.32. The Balaban J connectivity index is 0.760. The van der Waals surface area contributed by atoms with Crippen molar-refractivity contribution < 1.29 is 0 Å². The van der Waals surface area contributed by atoms with Crippen LogP contribution in [0, 0.1) is 0 Å². The molecule has 0 spiro atoms. The molecule has 0 radical (unpaired) electrons. The van der Waals surface area contributed by atoms with Gasteiger partial charge in [-0.25, -0.2) is 0 Å². The lowest BCUT2D eigenvalue weighted by molar-refractivity contribution is 0.332. The molecule has 0 amide bonds. The predicted octanol–water partition coefficient (Wildman–Crippen LogP) is 34.5. The molecular formula is C140H156B2N4. The number of hydrogen-bond acceptors (Lipinski definition) is 4. The van der Waals surface area contributed by atoms with Gasteiger partial charge < -0.3 is 19.6 Å². The Morgan fingerprint density at radius 1 is 0.219 bits per heavy atom. The maximum absolute atomic E-state index is 2.80. The van der Waals surface area contributed by atoms with Crippen molar-refractivity contribution in [3.63, 3.8) is 0 Å². The molecule has 6 heteroatoms. The Hall–Kier alpha value is -12.4. The minimum Gasteiger partial charge on any atom is -0.311 e. The molecule has 0 atom stereocenters. The molecule has 21 rings (SSSR count). The van der Waals surface area contributed by atoms with Crippen molar-refractivity contribution in [3.05, 3.63) is 392 Å². The summed E-state index contributed by atoms with van der Waals surface area (Å²) < 4.78 is 0. The van der Waals surface area contributed by atoms with E-state index in [1.165, 1.54) is 212 Å². The molecule has 0 N–H and O–H groups in total. The van der Waals surface area contributed by atoms with E-state index in [2.05, 4.69) is 544 Å². The van der Waals surface area contributed by atoms with E-state index in [1.54, 1.807) is 0 Å². The van der Waals surface area contributed by atoms with Crippen LogP contribution in [0.5, 0.6) is 0 Å². The summed E-state index contributed by atoms with van der Waals surface area (Å²) in [6, 6.07) is 122. The SMILES string of the molecule is CC(C)(C)c1ccc(-c2cc(C(C)(C)C)ccc2N2c3cc4c(cc3B3c5cc(C(C)(C)c6ccccc6)ccc5N(c5ccc(C(C)(C)C)cc5)c5cc(C(C)(C)Cc6ccc(C(C)(C)c7ccc8c(c7)B7c9cc%10c(cc9N(c9c(-c%11ccccc%11)cc(C(C)(C)C)cc9-c9ccccc9)c9cc(C(C)(C)C)cc(c97)N8c7ccc(C(C)(C)C)cc7)C(C)(C)CCC%10(C)C)cc6)cc2c53)C(C)(C)CCC4(C)C)cc1. The third-order valence-electron chi connectivity index (χ3n) is 35.5. The molecule has 15 aromatic carbocycles. The van der Waals surface area contributed by atoms with Crippen LogP contribution >= 0.6 is 0 Å². The fraction of sp³-hybridized carbons (Fsp3) is 0.357. The average molecular weight is 1920 g/mol. The van der Waals surface area contributed by atoms with E-state index >= 15 is 0 Å². The van der Waals surface area contributed by atoms with E-state index in [4.69, 9.17) is 0 Å². The molecule has 0 aromatic heterocycles. The van der Waals surface area contributed by atoms with Crippen molar-refractivity contribution in [1.82, 2.24) is 0 Å². The van der Waals surface area contributed by atoms with Crippen molar-refractivity contribution in [2.75, 3.05) is 19.6 Å². The highest BCUT2D eigenvalue weighted by Gasteiger charge is 2.52. The maximum Gasteiger partial charge on any atom is 0.252 e. The van der Waals surface area contributed by atoms with E-state index in [1.807, 2.05) is 0 Å². The number of benzene rings is 15. The first-order valence-electron chi connectivity index (χ1n) is 54.5. The summed E-state index contributed by atoms with van der Waals surface area (Å²) in [5, 5.41) is 0. The Morgan fingerprint density at radius 2 is 0.514 bits per heavy atom. The molecule has 4 aliphatic heterocycles. The van der Waals surface area contributed by atoms with Gasteiger partial charge in [0.25, 0.3) is 13.4 Å². The van der Waals surface area contributed by atoms with E-state index in [0.717, 1.165) is 43.5 Å². The van der Waals surface area contributed by atoms with Crippen molar-refractivity contribution in [2.24, 2.45) is 0 Å². The van der Waals surface area contributed by atoms with Crippen LogP contribution in [0.15, 0.2) is 303 Å². The second kappa shape index (κ2) is 34.4. The van der Waals surface area contributed by atoms with Crippen molar-refractivity contribution in [1.29, 1.82) is 0 Å². The van der Waals surface area contributed by atoms with Gasteiger partial charge in [0.05, 0.1) is 11.4 Å². The largest absolute Gasteiger partial charge is 0.311 e. The monoisotopic (exact) mass is 1920 g/mol. The number of nitrogens with zero attached hydrogens (tertiary/aromatic N) is 4. The molecular weight excluding hydrogens is 1760 g/mol. The van der Waals surface area contributed by atoms with E-state index in [0.29, 0.717) is 0 Å². The summed E-state index contributed by atoms with van der Waals surface area (Å²) in [4.78, 5) is 10.9. The highest BCUT2D eigenvalue weighted by atomic mass is 15.2. The van der Waals surface area contributed by atoms with Gasteiger partial charge in [-0.2, -0.15) is 0 Å². The van der Waals surface area contributed by atoms with Crippen LogP contribution in [0.3, 0.4) is 0 Å². The van der Waals surface area contributed by atoms with Crippen molar-refractivity contribution >= 4 is 114 Å². The normalized spacial score (nSPS) is 16.1. The standard InChI is InChI=1S/C140H156B2N4/c1-128(2,3)92-54-50-91(51-55-92)105-74-97(131(10,11)12)60-67-116(105)145-119-85-110-108(134(19,20)70-72-136(110,23)24)83-114(119)141-112-77-98(139(29,30)95-46-40-35-41-47-95)61-68-118(112)144(104-65-58-94(59-66-104)130(7,8)9)122-81-102(82-123(145)125(122)141)138(27,28)87-88-48-52-96(53-49-88)140(31,32)99-62-69-117-113(78-99)142-115-84-109-111(137(25,26)73-71-135(109,21)22)86-120(115)146(124-80-101(133(16,17)18)79-121(126(124)142)143(117)103-63-56-93(57-64-103)129(4,5)6)127-106(89-42-36-33-37-43-89)75-100(132(13,14)15)76-107(127)90-44-38-34-39-45-90/h33-69,74-86H,70-73,87H2,1-32H3. The number of anilines is 12. The third kappa shape index (κ3) is 17.0. The van der Waals surface area contributed by atoms with E-state index < -0.39 is 10.8 Å². The van der Waals surface area contributed by atoms with Gasteiger partial charge in [-0.3, -0.25) is 0 Å². The first kappa shape index (κ1) is 99.6. The van der Waals surface area contributed by atoms with E-state index in [9.17, 15) is 0 Å². The molecule has 6 aliphatic rings. The Morgan fingerprint density at radius 3 is 0.911 bits per heavy atom. The van der Waals surface area contributed by atoms with Crippen LogP contribution < -0.4 is 52.4 Å². The lowest BCUT2D eigenvalue weighted by Crippen LogP contribution is -2.62. The Labute approximate surface area is 877 Å². The van der Waals surface area contributed by atoms with Gasteiger partial charge in [0.2, 0.25) is 0 Å². The second-order valence-corrected chi connectivity index (χ2v) is 55.0. The predicted molar refractivity (Wildman–Crippen MR) is 634 cm³/mol. The topological polar surface area (TPSA) is 13.0 Å². The first-order chi connectivity index (χ1) is 68.4. The van der Waals surface area contributed by atoms with Crippen LogP contribution in [-0.4, -0.2) is 13.4 Å². The second-order valence-electron chi connectivity index (χ2n) is 55.0. The highest BCUT2D eigenvalue weighted by molar-refractivity contribution is 7.01. The minimum absolute atomic E-state index is 0.0226. The van der Waals surface area contributed by atoms with Crippen LogP contribution in [0.2, 0.25) is 0 Å². The van der Waals surface area contributed by atoms with Gasteiger partial charge in [0.15, 0.2) is 0 Å². The lowest BCUT2D eigenvalue weighted by Gasteiger charge is -2.48. The number of hydrogen-bond donors (Lipinski definition) is 0. The molecule has 0 unspecified atom stereocenters. The molecule has 4 nitrogen and oxygen atoms in total. The summed E-state index contributed by atoms with van der Waals surface area (Å²) in [6.45, 7) is 77.4. The van der Waals surface area contributed by atoms with Gasteiger partial charge in [0, 0.05) is 84.4 Å². The van der Waals surface area contributed by atoms with Crippen LogP contribution in [-0.2, 0) is 76.8 Å². The van der Waals surface area contributed by atoms with Crippen molar-refractivity contribution in [2.45, 2.75) is 324 Å². The van der Waals surface area contributed by atoms with Crippen LogP contribution in [0.1, 0.15) is 336 Å². The summed E-state index contributed by atoms with van der Waals surface area (Å²) >= 11 is 0. The Bertz CT molecular complexity index is 7610. The minimum atomic E-state index is -0.458. The molecule has 0 saturated carbocycles. The zero-order valence-electron chi connectivity index (χ0n) is 93.8. The molecule has 15 aromatic rings. The molecule has 0 saturated heterocycles. The molecule has 0 bridgehead atoms. The molecule has 2 aliphatic carbocycles. The maximum atomic E-state index is 2.80.